The molecule has 1 aliphatic rings. The fourth-order valence-corrected chi connectivity index (χ4v) is 2.64. The molecule has 0 aromatic heterocycles. The molecule has 1 aromatic rings. The van der Waals surface area contributed by atoms with Gasteiger partial charge in [-0.1, -0.05) is 13.8 Å². The third kappa shape index (κ3) is 5.43. The number of nitrogens with one attached hydrogen (secondary N) is 2. The van der Waals surface area contributed by atoms with E-state index in [9.17, 15) is 4.79 Å². The third-order valence-corrected chi connectivity index (χ3v) is 4.00. The van der Waals surface area contributed by atoms with E-state index >= 15 is 0 Å². The normalized spacial score (nSPS) is 17.3. The second kappa shape index (κ2) is 8.77. The summed E-state index contributed by atoms with van der Waals surface area (Å²) in [5.41, 5.74) is 0.600. The highest BCUT2D eigenvalue weighted by Gasteiger charge is 2.15. The van der Waals surface area contributed by atoms with Crippen LogP contribution in [0.25, 0.3) is 0 Å². The van der Waals surface area contributed by atoms with Crippen molar-refractivity contribution in [3.8, 4) is 11.5 Å². The van der Waals surface area contributed by atoms with Gasteiger partial charge >= 0.3 is 0 Å². The van der Waals surface area contributed by atoms with Gasteiger partial charge in [0, 0.05) is 12.1 Å². The molecule has 23 heavy (non-hydrogen) atoms. The number of ether oxygens (including phenoxy) is 2. The predicted molar refractivity (Wildman–Crippen MR) is 91.3 cm³/mol. The van der Waals surface area contributed by atoms with Crippen molar-refractivity contribution in [3.63, 3.8) is 0 Å². The highest BCUT2D eigenvalue weighted by Crippen LogP contribution is 2.28. The van der Waals surface area contributed by atoms with Gasteiger partial charge in [-0.15, -0.1) is 0 Å². The summed E-state index contributed by atoms with van der Waals surface area (Å²) >= 11 is 0. The fourth-order valence-electron chi connectivity index (χ4n) is 2.64. The second-order valence-corrected chi connectivity index (χ2v) is 6.47. The molecule has 128 valence electrons. The summed E-state index contributed by atoms with van der Waals surface area (Å²) in [4.78, 5) is 12.2. The first-order chi connectivity index (χ1) is 11.1. The molecular weight excluding hydrogens is 292 g/mol. The Labute approximate surface area is 138 Å². The smallest absolute Gasteiger partial charge is 0.251 e. The molecule has 0 spiro atoms. The van der Waals surface area contributed by atoms with Crippen LogP contribution in [0.4, 0.5) is 0 Å². The van der Waals surface area contributed by atoms with E-state index in [1.54, 1.807) is 25.3 Å². The molecule has 0 aliphatic carbocycles. The van der Waals surface area contributed by atoms with Gasteiger partial charge in [0.25, 0.3) is 5.91 Å². The number of hydrogen-bond acceptors (Lipinski definition) is 4. The average Bonchev–Trinajstić information content (AvgIpc) is 3.05. The summed E-state index contributed by atoms with van der Waals surface area (Å²) < 4.78 is 11.1. The van der Waals surface area contributed by atoms with E-state index < -0.39 is 0 Å². The molecule has 0 bridgehead atoms. The molecule has 2 N–H and O–H groups in total. The van der Waals surface area contributed by atoms with Crippen LogP contribution in [0.2, 0.25) is 0 Å². The summed E-state index contributed by atoms with van der Waals surface area (Å²) in [6.45, 7) is 7.66. The van der Waals surface area contributed by atoms with Crippen LogP contribution < -0.4 is 20.1 Å². The maximum Gasteiger partial charge on any atom is 0.251 e. The van der Waals surface area contributed by atoms with Crippen molar-refractivity contribution in [1.29, 1.82) is 0 Å². The second-order valence-electron chi connectivity index (χ2n) is 6.47. The van der Waals surface area contributed by atoms with Crippen molar-refractivity contribution >= 4 is 5.91 Å². The van der Waals surface area contributed by atoms with E-state index in [1.165, 1.54) is 6.42 Å². The summed E-state index contributed by atoms with van der Waals surface area (Å²) in [5, 5.41) is 6.32. The molecule has 1 aromatic carbocycles. The summed E-state index contributed by atoms with van der Waals surface area (Å²) in [6, 6.07) is 5.32. The van der Waals surface area contributed by atoms with E-state index in [2.05, 4.69) is 24.5 Å². The van der Waals surface area contributed by atoms with E-state index in [1.807, 2.05) is 0 Å². The van der Waals surface area contributed by atoms with Crippen molar-refractivity contribution in [2.24, 2.45) is 11.8 Å². The first-order valence-corrected chi connectivity index (χ1v) is 8.40. The minimum atomic E-state index is -0.0651. The van der Waals surface area contributed by atoms with E-state index in [0.717, 1.165) is 19.5 Å². The van der Waals surface area contributed by atoms with Gasteiger partial charge in [-0.2, -0.15) is 0 Å². The fraction of sp³-hybridized carbons (Fsp3) is 0.611. The maximum atomic E-state index is 12.2. The third-order valence-electron chi connectivity index (χ3n) is 4.00. The zero-order chi connectivity index (χ0) is 16.7. The van der Waals surface area contributed by atoms with Crippen LogP contribution in [-0.4, -0.2) is 39.3 Å². The van der Waals surface area contributed by atoms with E-state index in [0.29, 0.717) is 42.0 Å². The molecule has 1 heterocycles. The number of rotatable bonds is 8. The molecule has 1 aliphatic heterocycles. The molecule has 1 amide bonds. The van der Waals surface area contributed by atoms with E-state index in [-0.39, 0.29) is 5.91 Å². The van der Waals surface area contributed by atoms with Gasteiger partial charge in [-0.25, -0.2) is 0 Å². The molecule has 2 rings (SSSR count). The van der Waals surface area contributed by atoms with Gasteiger partial charge in [-0.05, 0) is 56.0 Å². The van der Waals surface area contributed by atoms with E-state index in [4.69, 9.17) is 9.47 Å². The molecule has 5 nitrogen and oxygen atoms in total. The zero-order valence-corrected chi connectivity index (χ0v) is 14.4. The number of carbonyl (C=O) groups excluding carboxylic acids is 1. The largest absolute Gasteiger partial charge is 0.493 e. The zero-order valence-electron chi connectivity index (χ0n) is 14.4. The minimum Gasteiger partial charge on any atom is -0.493 e. The maximum absolute atomic E-state index is 12.2. The highest BCUT2D eigenvalue weighted by molar-refractivity contribution is 5.94. The Balaban J connectivity index is 1.88. The van der Waals surface area contributed by atoms with Crippen LogP contribution in [0.5, 0.6) is 11.5 Å². The van der Waals surface area contributed by atoms with Crippen LogP contribution >= 0.6 is 0 Å². The number of hydrogen-bond donors (Lipinski definition) is 2. The first-order valence-electron chi connectivity index (χ1n) is 8.40. The van der Waals surface area contributed by atoms with Gasteiger partial charge in [0.2, 0.25) is 0 Å². The number of methoxy groups -OCH3 is 1. The topological polar surface area (TPSA) is 59.6 Å². The molecule has 1 saturated heterocycles. The quantitative estimate of drug-likeness (QED) is 0.772. The Kier molecular flexibility index (Phi) is 6.71. The standard InChI is InChI=1S/C18H28N2O3/c1-13(2)12-23-16-5-4-15(10-17(16)22-3)18(21)20-9-7-14-6-8-19-11-14/h4-5,10,13-14,19H,6-9,11-12H2,1-3H3,(H,20,21). The summed E-state index contributed by atoms with van der Waals surface area (Å²) in [5.74, 6) is 2.32. The molecule has 1 unspecified atom stereocenters. The van der Waals surface area contributed by atoms with Crippen molar-refractivity contribution in [1.82, 2.24) is 10.6 Å². The first kappa shape index (κ1) is 17.6. The lowest BCUT2D eigenvalue weighted by Gasteiger charge is -2.14. The van der Waals surface area contributed by atoms with Crippen LogP contribution in [0.1, 0.15) is 37.0 Å². The Morgan fingerprint density at radius 1 is 1.39 bits per heavy atom. The Morgan fingerprint density at radius 2 is 2.22 bits per heavy atom. The summed E-state index contributed by atoms with van der Waals surface area (Å²) in [7, 11) is 1.59. The summed E-state index contributed by atoms with van der Waals surface area (Å²) in [6.07, 6.45) is 2.22. The van der Waals surface area contributed by atoms with Gasteiger partial charge in [0.05, 0.1) is 13.7 Å². The number of benzene rings is 1. The van der Waals surface area contributed by atoms with Crippen LogP contribution in [0.15, 0.2) is 18.2 Å². The highest BCUT2D eigenvalue weighted by atomic mass is 16.5. The number of carbonyl (C=O) groups is 1. The molecule has 0 radical (unpaired) electrons. The molecule has 1 fully saturated rings. The molecule has 1 atom stereocenters. The van der Waals surface area contributed by atoms with Gasteiger partial charge in [0.15, 0.2) is 11.5 Å². The van der Waals surface area contributed by atoms with Crippen LogP contribution in [0.3, 0.4) is 0 Å². The van der Waals surface area contributed by atoms with Crippen LogP contribution in [-0.2, 0) is 0 Å². The van der Waals surface area contributed by atoms with Gasteiger partial charge in [-0.3, -0.25) is 4.79 Å². The van der Waals surface area contributed by atoms with Crippen molar-refractivity contribution in [2.45, 2.75) is 26.7 Å². The predicted octanol–water partition coefficient (Wildman–Crippen LogP) is 2.46. The van der Waals surface area contributed by atoms with Crippen molar-refractivity contribution in [2.75, 3.05) is 33.4 Å². The minimum absolute atomic E-state index is 0.0651. The van der Waals surface area contributed by atoms with Gasteiger partial charge < -0.3 is 20.1 Å². The lowest BCUT2D eigenvalue weighted by atomic mass is 10.1. The van der Waals surface area contributed by atoms with Crippen LogP contribution in [0, 0.1) is 11.8 Å². The molecule has 0 saturated carbocycles. The lowest BCUT2D eigenvalue weighted by molar-refractivity contribution is 0.0951. The average molecular weight is 320 g/mol. The Morgan fingerprint density at radius 3 is 2.87 bits per heavy atom. The Bertz CT molecular complexity index is 511. The van der Waals surface area contributed by atoms with Gasteiger partial charge in [0.1, 0.15) is 0 Å². The Hall–Kier alpha value is -1.75. The molecular formula is C18H28N2O3. The lowest BCUT2D eigenvalue weighted by Crippen LogP contribution is -2.26. The monoisotopic (exact) mass is 320 g/mol. The van der Waals surface area contributed by atoms with Crippen molar-refractivity contribution < 1.29 is 14.3 Å². The van der Waals surface area contributed by atoms with Crippen molar-refractivity contribution in [3.05, 3.63) is 23.8 Å². The molecule has 5 heteroatoms. The SMILES string of the molecule is COc1cc(C(=O)NCCC2CCNC2)ccc1OCC(C)C. The number of amides is 1.